The molecule has 2 N–H and O–H groups in total. The fourth-order valence-corrected chi connectivity index (χ4v) is 1.69. The summed E-state index contributed by atoms with van der Waals surface area (Å²) in [5.41, 5.74) is 4.19. The Morgan fingerprint density at radius 3 is 2.93 bits per heavy atom. The third-order valence-corrected chi connectivity index (χ3v) is 2.54. The first kappa shape index (κ1) is 10.3. The van der Waals surface area contributed by atoms with E-state index in [2.05, 4.69) is 5.48 Å². The number of hydrogen-bond donors (Lipinski definition) is 2. The number of nitrogens with one attached hydrogen (secondary N) is 1. The molecule has 15 heavy (non-hydrogen) atoms. The van der Waals surface area contributed by atoms with Crippen molar-refractivity contribution >= 4 is 0 Å². The van der Waals surface area contributed by atoms with Gasteiger partial charge in [0.05, 0.1) is 13.2 Å². The van der Waals surface area contributed by atoms with Gasteiger partial charge in [-0.2, -0.15) is 0 Å². The van der Waals surface area contributed by atoms with Crippen LogP contribution in [-0.4, -0.2) is 18.4 Å². The molecule has 0 saturated carbocycles. The fraction of sp³-hybridized carbons (Fsp3) is 0.455. The molecule has 0 fully saturated rings. The second-order valence-electron chi connectivity index (χ2n) is 3.56. The van der Waals surface area contributed by atoms with Gasteiger partial charge in [0.15, 0.2) is 11.5 Å². The normalized spacial score (nSPS) is 14.8. The van der Waals surface area contributed by atoms with Crippen LogP contribution in [0.1, 0.15) is 17.5 Å². The molecule has 0 amide bonds. The Morgan fingerprint density at radius 1 is 1.33 bits per heavy atom. The van der Waals surface area contributed by atoms with Crippen molar-refractivity contribution in [3.8, 4) is 11.5 Å². The van der Waals surface area contributed by atoms with E-state index in [0.717, 1.165) is 29.0 Å². The van der Waals surface area contributed by atoms with Gasteiger partial charge in [-0.15, -0.1) is 0 Å². The van der Waals surface area contributed by atoms with Crippen molar-refractivity contribution in [3.05, 3.63) is 23.3 Å². The summed E-state index contributed by atoms with van der Waals surface area (Å²) in [7, 11) is 0. The Balaban J connectivity index is 2.36. The summed E-state index contributed by atoms with van der Waals surface area (Å²) in [5, 5.41) is 8.68. The van der Waals surface area contributed by atoms with Crippen LogP contribution in [0.5, 0.6) is 11.5 Å². The average Bonchev–Trinajstić information content (AvgIpc) is 2.48. The summed E-state index contributed by atoms with van der Waals surface area (Å²) in [6, 6.07) is 3.83. The summed E-state index contributed by atoms with van der Waals surface area (Å²) >= 11 is 0. The highest BCUT2D eigenvalue weighted by atomic mass is 16.5. The minimum Gasteiger partial charge on any atom is -0.490 e. The zero-order valence-corrected chi connectivity index (χ0v) is 8.75. The lowest BCUT2D eigenvalue weighted by atomic mass is 10.1. The van der Waals surface area contributed by atoms with Crippen molar-refractivity contribution in [1.82, 2.24) is 5.48 Å². The monoisotopic (exact) mass is 209 g/mol. The second-order valence-corrected chi connectivity index (χ2v) is 3.56. The quantitative estimate of drug-likeness (QED) is 0.727. The molecule has 4 nitrogen and oxygen atoms in total. The lowest BCUT2D eigenvalue weighted by Crippen LogP contribution is -2.08. The first-order chi connectivity index (χ1) is 7.33. The highest BCUT2D eigenvalue weighted by Gasteiger charge is 2.14. The van der Waals surface area contributed by atoms with Crippen LogP contribution in [0, 0.1) is 6.92 Å². The maximum absolute atomic E-state index is 8.68. The molecule has 2 rings (SSSR count). The highest BCUT2D eigenvalue weighted by molar-refractivity contribution is 5.50. The SMILES string of the molecule is Cc1c(CNO)ccc2c1OCCCO2. The van der Waals surface area contributed by atoms with Gasteiger partial charge < -0.3 is 14.7 Å². The Kier molecular flexibility index (Phi) is 3.08. The molecule has 0 bridgehead atoms. The Bertz CT molecular complexity index is 352. The summed E-state index contributed by atoms with van der Waals surface area (Å²) in [6.45, 7) is 3.77. The standard InChI is InChI=1S/C11H15NO3/c1-8-9(7-12-13)3-4-10-11(8)15-6-2-5-14-10/h3-4,12-13H,2,5-7H2,1H3. The van der Waals surface area contributed by atoms with Gasteiger partial charge in [0, 0.05) is 13.0 Å². The van der Waals surface area contributed by atoms with Crippen molar-refractivity contribution in [1.29, 1.82) is 0 Å². The van der Waals surface area contributed by atoms with Crippen LogP contribution < -0.4 is 15.0 Å². The maximum atomic E-state index is 8.68. The minimum absolute atomic E-state index is 0.419. The summed E-state index contributed by atoms with van der Waals surface area (Å²) in [6.07, 6.45) is 0.904. The van der Waals surface area contributed by atoms with E-state index in [1.807, 2.05) is 19.1 Å². The third kappa shape index (κ3) is 2.06. The van der Waals surface area contributed by atoms with Crippen LogP contribution in [0.2, 0.25) is 0 Å². The molecule has 1 aliphatic rings. The van der Waals surface area contributed by atoms with Gasteiger partial charge >= 0.3 is 0 Å². The molecule has 1 aliphatic heterocycles. The van der Waals surface area contributed by atoms with Crippen molar-refractivity contribution in [2.24, 2.45) is 0 Å². The molecule has 82 valence electrons. The lowest BCUT2D eigenvalue weighted by molar-refractivity contribution is 0.161. The number of ether oxygens (including phenoxy) is 2. The highest BCUT2D eigenvalue weighted by Crippen LogP contribution is 2.34. The van der Waals surface area contributed by atoms with Crippen LogP contribution in [0.25, 0.3) is 0 Å². The molecular weight excluding hydrogens is 194 g/mol. The summed E-state index contributed by atoms with van der Waals surface area (Å²) in [4.78, 5) is 0. The molecule has 1 aromatic carbocycles. The van der Waals surface area contributed by atoms with Gasteiger partial charge in [-0.1, -0.05) is 6.07 Å². The maximum Gasteiger partial charge on any atom is 0.164 e. The number of hydrogen-bond acceptors (Lipinski definition) is 4. The lowest BCUT2D eigenvalue weighted by Gasteiger charge is -2.13. The van der Waals surface area contributed by atoms with Crippen molar-refractivity contribution in [2.75, 3.05) is 13.2 Å². The molecular formula is C11H15NO3. The zero-order chi connectivity index (χ0) is 10.7. The summed E-state index contributed by atoms with van der Waals surface area (Å²) in [5.74, 6) is 1.60. The van der Waals surface area contributed by atoms with E-state index in [-0.39, 0.29) is 0 Å². The molecule has 0 spiro atoms. The smallest absolute Gasteiger partial charge is 0.164 e. The van der Waals surface area contributed by atoms with Gasteiger partial charge in [-0.05, 0) is 24.1 Å². The van der Waals surface area contributed by atoms with E-state index >= 15 is 0 Å². The fourth-order valence-electron chi connectivity index (χ4n) is 1.69. The zero-order valence-electron chi connectivity index (χ0n) is 8.75. The van der Waals surface area contributed by atoms with Crippen LogP contribution >= 0.6 is 0 Å². The first-order valence-electron chi connectivity index (χ1n) is 5.08. The van der Waals surface area contributed by atoms with Crippen LogP contribution in [-0.2, 0) is 6.54 Å². The van der Waals surface area contributed by atoms with E-state index < -0.39 is 0 Å². The van der Waals surface area contributed by atoms with Gasteiger partial charge in [0.25, 0.3) is 0 Å². The molecule has 4 heteroatoms. The molecule has 0 radical (unpaired) electrons. The molecule has 1 heterocycles. The first-order valence-corrected chi connectivity index (χ1v) is 5.08. The minimum atomic E-state index is 0.419. The van der Waals surface area contributed by atoms with Crippen molar-refractivity contribution < 1.29 is 14.7 Å². The van der Waals surface area contributed by atoms with E-state index in [9.17, 15) is 0 Å². The van der Waals surface area contributed by atoms with Crippen LogP contribution in [0.3, 0.4) is 0 Å². The molecule has 0 aliphatic carbocycles. The topological polar surface area (TPSA) is 50.7 Å². The van der Waals surface area contributed by atoms with E-state index in [0.29, 0.717) is 19.8 Å². The van der Waals surface area contributed by atoms with Crippen LogP contribution in [0.15, 0.2) is 12.1 Å². The van der Waals surface area contributed by atoms with E-state index in [1.165, 1.54) is 0 Å². The average molecular weight is 209 g/mol. The second kappa shape index (κ2) is 4.51. The van der Waals surface area contributed by atoms with Gasteiger partial charge in [-0.3, -0.25) is 0 Å². The van der Waals surface area contributed by atoms with E-state index in [4.69, 9.17) is 14.7 Å². The molecule has 0 saturated heterocycles. The van der Waals surface area contributed by atoms with Gasteiger partial charge in [-0.25, -0.2) is 5.48 Å². The molecule has 1 aromatic rings. The number of fused-ring (bicyclic) bond motifs is 1. The van der Waals surface area contributed by atoms with Gasteiger partial charge in [0.2, 0.25) is 0 Å². The van der Waals surface area contributed by atoms with Crippen molar-refractivity contribution in [3.63, 3.8) is 0 Å². The predicted octanol–water partition coefficient (Wildman–Crippen LogP) is 1.64. The van der Waals surface area contributed by atoms with Crippen LogP contribution in [0.4, 0.5) is 0 Å². The molecule has 0 aromatic heterocycles. The summed E-state index contributed by atoms with van der Waals surface area (Å²) < 4.78 is 11.2. The predicted molar refractivity (Wildman–Crippen MR) is 55.4 cm³/mol. The Hall–Kier alpha value is -1.26. The Labute approximate surface area is 88.8 Å². The Morgan fingerprint density at radius 2 is 2.13 bits per heavy atom. The molecule has 0 atom stereocenters. The number of hydroxylamine groups is 1. The largest absolute Gasteiger partial charge is 0.490 e. The van der Waals surface area contributed by atoms with Crippen molar-refractivity contribution in [2.45, 2.75) is 19.9 Å². The molecule has 0 unspecified atom stereocenters. The van der Waals surface area contributed by atoms with Gasteiger partial charge in [0.1, 0.15) is 0 Å². The number of rotatable bonds is 2. The van der Waals surface area contributed by atoms with E-state index in [1.54, 1.807) is 0 Å². The third-order valence-electron chi connectivity index (χ3n) is 2.54. The number of benzene rings is 1.